The first kappa shape index (κ1) is 18.4. The zero-order chi connectivity index (χ0) is 20.0. The summed E-state index contributed by atoms with van der Waals surface area (Å²) in [4.78, 5) is 10.5. The Labute approximate surface area is 170 Å². The van der Waals surface area contributed by atoms with E-state index in [1.54, 1.807) is 6.07 Å². The number of benzene rings is 1. The number of nitrogens with one attached hydrogen (secondary N) is 1. The molecule has 1 N–H and O–H groups in total. The largest absolute Gasteiger partial charge is 0.480 e. The molecule has 4 heterocycles. The van der Waals surface area contributed by atoms with Crippen molar-refractivity contribution in [1.29, 1.82) is 0 Å². The highest BCUT2D eigenvalue weighted by Crippen LogP contribution is 2.39. The lowest BCUT2D eigenvalue weighted by Crippen LogP contribution is -2.42. The van der Waals surface area contributed by atoms with Crippen LogP contribution in [0.4, 0.5) is 5.82 Å². The normalized spacial score (nSPS) is 17.6. The third-order valence-electron chi connectivity index (χ3n) is 5.79. The number of pyridine rings is 1. The van der Waals surface area contributed by atoms with Crippen LogP contribution in [0.15, 0.2) is 41.3 Å². The third kappa shape index (κ3) is 3.07. The lowest BCUT2D eigenvalue weighted by Gasteiger charge is -2.30. The molecule has 0 atom stereocenters. The van der Waals surface area contributed by atoms with Gasteiger partial charge in [0.1, 0.15) is 10.7 Å². The van der Waals surface area contributed by atoms with Gasteiger partial charge in [-0.05, 0) is 37.5 Å². The molecule has 2 aliphatic rings. The minimum Gasteiger partial charge on any atom is -0.480 e. The van der Waals surface area contributed by atoms with Crippen molar-refractivity contribution in [2.75, 3.05) is 38.2 Å². The maximum atomic E-state index is 13.2. The summed E-state index contributed by atoms with van der Waals surface area (Å²) in [6, 6.07) is 11.8. The molecule has 0 saturated carbocycles. The molecule has 0 aliphatic carbocycles. The number of anilines is 1. The lowest BCUT2D eigenvalue weighted by molar-refractivity contribution is 0.306. The molecule has 0 amide bonds. The van der Waals surface area contributed by atoms with Crippen LogP contribution in [-0.2, 0) is 10.0 Å². The van der Waals surface area contributed by atoms with Gasteiger partial charge in [0.05, 0.1) is 12.8 Å². The van der Waals surface area contributed by atoms with Crippen LogP contribution in [0.3, 0.4) is 0 Å². The molecule has 0 bridgehead atoms. The number of sulfonamides is 1. The first-order valence-electron chi connectivity index (χ1n) is 10.0. The lowest BCUT2D eigenvalue weighted by atomic mass is 10.1. The maximum absolute atomic E-state index is 13.2. The summed E-state index contributed by atoms with van der Waals surface area (Å²) in [5, 5.41) is 1.08. The van der Waals surface area contributed by atoms with Gasteiger partial charge in [-0.15, -0.1) is 0 Å². The number of rotatable bonds is 5. The molecular formula is C21H24N4O3S. The van der Waals surface area contributed by atoms with Gasteiger partial charge in [0.25, 0.3) is 0 Å². The van der Waals surface area contributed by atoms with E-state index in [2.05, 4.69) is 16.0 Å². The number of nitrogens with zero attached hydrogens (tertiary/aromatic N) is 3. The SMILES string of the molecule is COc1nc(N2CCCC2)c(-c2cc3ccccc3[nH]2)cc1S(=O)(=O)N1CCC1. The van der Waals surface area contributed by atoms with E-state index in [9.17, 15) is 8.42 Å². The monoisotopic (exact) mass is 412 g/mol. The summed E-state index contributed by atoms with van der Waals surface area (Å²) in [5.41, 5.74) is 2.67. The van der Waals surface area contributed by atoms with Crippen LogP contribution >= 0.6 is 0 Å². The van der Waals surface area contributed by atoms with Gasteiger partial charge in [-0.25, -0.2) is 8.42 Å². The molecule has 29 heavy (non-hydrogen) atoms. The van der Waals surface area contributed by atoms with Crippen molar-refractivity contribution < 1.29 is 13.2 Å². The summed E-state index contributed by atoms with van der Waals surface area (Å²) < 4.78 is 33.3. The van der Waals surface area contributed by atoms with Gasteiger partial charge in [0, 0.05) is 42.6 Å². The highest BCUT2D eigenvalue weighted by molar-refractivity contribution is 7.89. The molecule has 1 aromatic carbocycles. The van der Waals surface area contributed by atoms with Gasteiger partial charge in [0.15, 0.2) is 0 Å². The van der Waals surface area contributed by atoms with Gasteiger partial charge in [-0.1, -0.05) is 18.2 Å². The quantitative estimate of drug-likeness (QED) is 0.696. The van der Waals surface area contributed by atoms with Crippen LogP contribution in [0.1, 0.15) is 19.3 Å². The van der Waals surface area contributed by atoms with E-state index < -0.39 is 10.0 Å². The van der Waals surface area contributed by atoms with E-state index in [4.69, 9.17) is 9.72 Å². The minimum atomic E-state index is -3.63. The number of methoxy groups -OCH3 is 1. The zero-order valence-electron chi connectivity index (χ0n) is 16.4. The molecule has 0 radical (unpaired) electrons. The molecule has 0 unspecified atom stereocenters. The van der Waals surface area contributed by atoms with Crippen LogP contribution in [-0.4, -0.2) is 56.0 Å². The van der Waals surface area contributed by atoms with E-state index in [1.165, 1.54) is 11.4 Å². The molecule has 0 spiro atoms. The van der Waals surface area contributed by atoms with E-state index in [0.717, 1.165) is 60.3 Å². The molecule has 2 aromatic heterocycles. The van der Waals surface area contributed by atoms with Gasteiger partial charge in [0.2, 0.25) is 15.9 Å². The Hall–Kier alpha value is -2.58. The van der Waals surface area contributed by atoms with E-state index in [0.29, 0.717) is 13.1 Å². The Balaban J connectivity index is 1.72. The molecule has 5 rings (SSSR count). The second-order valence-electron chi connectivity index (χ2n) is 7.59. The molecule has 8 heteroatoms. The summed E-state index contributed by atoms with van der Waals surface area (Å²) in [5.74, 6) is 0.937. The van der Waals surface area contributed by atoms with E-state index in [1.807, 2.05) is 24.3 Å². The standard InChI is InChI=1S/C21H24N4O3S/c1-28-21-19(29(26,27)25-11-6-12-25)14-16(20(23-21)24-9-4-5-10-24)18-13-15-7-2-3-8-17(15)22-18/h2-3,7-8,13-14,22H,4-6,9-12H2,1H3. The zero-order valence-corrected chi connectivity index (χ0v) is 17.2. The fourth-order valence-electron chi connectivity index (χ4n) is 4.05. The Morgan fingerprint density at radius 2 is 1.79 bits per heavy atom. The minimum absolute atomic E-state index is 0.135. The number of hydrogen-bond donors (Lipinski definition) is 1. The number of aromatic nitrogens is 2. The number of ether oxygens (including phenoxy) is 1. The van der Waals surface area contributed by atoms with Gasteiger partial charge in [-0.2, -0.15) is 9.29 Å². The first-order chi connectivity index (χ1) is 14.1. The third-order valence-corrected chi connectivity index (χ3v) is 7.68. The van der Waals surface area contributed by atoms with Crippen molar-refractivity contribution in [3.63, 3.8) is 0 Å². The highest BCUT2D eigenvalue weighted by Gasteiger charge is 2.34. The Morgan fingerprint density at radius 1 is 1.03 bits per heavy atom. The fourth-order valence-corrected chi connectivity index (χ4v) is 5.69. The van der Waals surface area contributed by atoms with Crippen molar-refractivity contribution in [2.24, 2.45) is 0 Å². The van der Waals surface area contributed by atoms with Gasteiger partial charge >= 0.3 is 0 Å². The van der Waals surface area contributed by atoms with Crippen molar-refractivity contribution in [1.82, 2.24) is 14.3 Å². The first-order valence-corrected chi connectivity index (χ1v) is 11.4. The molecule has 2 aliphatic heterocycles. The summed E-state index contributed by atoms with van der Waals surface area (Å²) in [6.45, 7) is 2.89. The Morgan fingerprint density at radius 3 is 2.45 bits per heavy atom. The molecule has 2 saturated heterocycles. The van der Waals surface area contributed by atoms with Crippen LogP contribution in [0.2, 0.25) is 0 Å². The number of aromatic amines is 1. The van der Waals surface area contributed by atoms with Crippen molar-refractivity contribution in [2.45, 2.75) is 24.2 Å². The fraction of sp³-hybridized carbons (Fsp3) is 0.381. The van der Waals surface area contributed by atoms with Gasteiger partial charge < -0.3 is 14.6 Å². The Kier molecular flexibility index (Phi) is 4.48. The summed E-state index contributed by atoms with van der Waals surface area (Å²) in [7, 11) is -2.15. The average Bonchev–Trinajstić information content (AvgIpc) is 3.34. The Bertz CT molecular complexity index is 1130. The van der Waals surface area contributed by atoms with Crippen molar-refractivity contribution in [3.05, 3.63) is 36.4 Å². The maximum Gasteiger partial charge on any atom is 0.248 e. The van der Waals surface area contributed by atoms with Crippen LogP contribution in [0, 0.1) is 0 Å². The molecule has 2 fully saturated rings. The number of H-pyrrole nitrogens is 1. The van der Waals surface area contributed by atoms with Crippen LogP contribution in [0.25, 0.3) is 22.2 Å². The topological polar surface area (TPSA) is 78.5 Å². The summed E-state index contributed by atoms with van der Waals surface area (Å²) >= 11 is 0. The predicted octanol–water partition coefficient (Wildman–Crippen LogP) is 3.23. The number of para-hydroxylation sites is 1. The highest BCUT2D eigenvalue weighted by atomic mass is 32.2. The smallest absolute Gasteiger partial charge is 0.248 e. The second-order valence-corrected chi connectivity index (χ2v) is 9.50. The van der Waals surface area contributed by atoms with Crippen molar-refractivity contribution >= 4 is 26.7 Å². The average molecular weight is 413 g/mol. The summed E-state index contributed by atoms with van der Waals surface area (Å²) in [6.07, 6.45) is 3.09. The number of fused-ring (bicyclic) bond motifs is 1. The van der Waals surface area contributed by atoms with Crippen molar-refractivity contribution in [3.8, 4) is 17.1 Å². The van der Waals surface area contributed by atoms with Gasteiger partial charge in [-0.3, -0.25) is 0 Å². The van der Waals surface area contributed by atoms with Crippen LogP contribution in [0.5, 0.6) is 5.88 Å². The second kappa shape index (κ2) is 7.03. The molecular weight excluding hydrogens is 388 g/mol. The predicted molar refractivity (Wildman–Crippen MR) is 113 cm³/mol. The van der Waals surface area contributed by atoms with Crippen LogP contribution < -0.4 is 9.64 Å². The molecule has 3 aromatic rings. The van der Waals surface area contributed by atoms with E-state index >= 15 is 0 Å². The molecule has 7 nitrogen and oxygen atoms in total. The molecule has 152 valence electrons. The number of hydrogen-bond acceptors (Lipinski definition) is 5. The van der Waals surface area contributed by atoms with E-state index in [-0.39, 0.29) is 10.8 Å².